The van der Waals surface area contributed by atoms with Gasteiger partial charge in [0.1, 0.15) is 5.75 Å². The number of ether oxygens (including phenoxy) is 1. The molecule has 1 aromatic carbocycles. The van der Waals surface area contributed by atoms with Crippen LogP contribution in [0, 0.1) is 6.92 Å². The molecule has 5 heteroatoms. The highest BCUT2D eigenvalue weighted by Gasteiger charge is 2.33. The second-order valence-electron chi connectivity index (χ2n) is 6.22. The van der Waals surface area contributed by atoms with Gasteiger partial charge in [0.2, 0.25) is 0 Å². The molecule has 0 spiro atoms. The first-order valence-corrected chi connectivity index (χ1v) is 7.45. The van der Waals surface area contributed by atoms with Gasteiger partial charge < -0.3 is 9.84 Å². The Kier molecular flexibility index (Phi) is 5.52. The SMILES string of the molecule is C=Cc1c(C)c(Cl)cc(C(C)N(C(=O)O)C(C)(C)C)c1OC. The summed E-state index contributed by atoms with van der Waals surface area (Å²) in [4.78, 5) is 13.1. The largest absolute Gasteiger partial charge is 0.496 e. The van der Waals surface area contributed by atoms with E-state index in [1.165, 1.54) is 4.90 Å². The molecular formula is C17H24ClNO3. The normalized spacial score (nSPS) is 12.7. The van der Waals surface area contributed by atoms with Crippen molar-refractivity contribution in [2.45, 2.75) is 46.2 Å². The van der Waals surface area contributed by atoms with E-state index in [-0.39, 0.29) is 0 Å². The van der Waals surface area contributed by atoms with Crippen molar-refractivity contribution in [3.05, 3.63) is 34.4 Å². The fourth-order valence-corrected chi connectivity index (χ4v) is 2.94. The van der Waals surface area contributed by atoms with Gasteiger partial charge in [-0.15, -0.1) is 0 Å². The fourth-order valence-electron chi connectivity index (χ4n) is 2.72. The van der Waals surface area contributed by atoms with E-state index >= 15 is 0 Å². The van der Waals surface area contributed by atoms with Crippen LogP contribution >= 0.6 is 11.6 Å². The number of halogens is 1. The van der Waals surface area contributed by atoms with Crippen molar-refractivity contribution in [3.8, 4) is 5.75 Å². The lowest BCUT2D eigenvalue weighted by Crippen LogP contribution is -2.46. The van der Waals surface area contributed by atoms with E-state index in [4.69, 9.17) is 16.3 Å². The van der Waals surface area contributed by atoms with Crippen molar-refractivity contribution < 1.29 is 14.6 Å². The number of methoxy groups -OCH3 is 1. The summed E-state index contributed by atoms with van der Waals surface area (Å²) in [5, 5.41) is 10.2. The van der Waals surface area contributed by atoms with E-state index in [1.807, 2.05) is 34.6 Å². The maximum Gasteiger partial charge on any atom is 0.408 e. The highest BCUT2D eigenvalue weighted by molar-refractivity contribution is 6.31. The summed E-state index contributed by atoms with van der Waals surface area (Å²) in [5.41, 5.74) is 1.82. The molecule has 22 heavy (non-hydrogen) atoms. The molecule has 122 valence electrons. The lowest BCUT2D eigenvalue weighted by molar-refractivity contribution is 0.0745. The van der Waals surface area contributed by atoms with Gasteiger partial charge >= 0.3 is 6.09 Å². The summed E-state index contributed by atoms with van der Waals surface area (Å²) >= 11 is 6.30. The van der Waals surface area contributed by atoms with Gasteiger partial charge in [-0.25, -0.2) is 4.79 Å². The van der Waals surface area contributed by atoms with Crippen LogP contribution < -0.4 is 4.74 Å². The van der Waals surface area contributed by atoms with Crippen LogP contribution in [0.3, 0.4) is 0 Å². The molecular weight excluding hydrogens is 302 g/mol. The minimum absolute atomic E-state index is 0.413. The third-order valence-electron chi connectivity index (χ3n) is 3.73. The summed E-state index contributed by atoms with van der Waals surface area (Å²) in [5.74, 6) is 0.611. The highest BCUT2D eigenvalue weighted by atomic mass is 35.5. The van der Waals surface area contributed by atoms with Gasteiger partial charge in [-0.2, -0.15) is 0 Å². The lowest BCUT2D eigenvalue weighted by atomic mass is 9.95. The zero-order valence-corrected chi connectivity index (χ0v) is 14.8. The molecule has 1 aromatic rings. The molecule has 1 unspecified atom stereocenters. The van der Waals surface area contributed by atoms with Gasteiger partial charge in [0.05, 0.1) is 13.2 Å². The topological polar surface area (TPSA) is 49.8 Å². The first kappa shape index (κ1) is 18.4. The molecule has 0 bridgehead atoms. The van der Waals surface area contributed by atoms with E-state index in [0.29, 0.717) is 10.8 Å². The first-order valence-electron chi connectivity index (χ1n) is 7.07. The van der Waals surface area contributed by atoms with Crippen molar-refractivity contribution in [1.82, 2.24) is 4.90 Å². The van der Waals surface area contributed by atoms with Crippen LogP contribution in [0.5, 0.6) is 5.75 Å². The van der Waals surface area contributed by atoms with Gasteiger partial charge in [-0.05, 0) is 46.2 Å². The number of hydrogen-bond donors (Lipinski definition) is 1. The Morgan fingerprint density at radius 3 is 2.41 bits per heavy atom. The van der Waals surface area contributed by atoms with Crippen molar-refractivity contribution >= 4 is 23.8 Å². The summed E-state index contributed by atoms with van der Waals surface area (Å²) in [7, 11) is 1.56. The Balaban J connectivity index is 3.57. The predicted molar refractivity (Wildman–Crippen MR) is 90.9 cm³/mol. The monoisotopic (exact) mass is 325 g/mol. The van der Waals surface area contributed by atoms with Crippen LogP contribution in [-0.2, 0) is 0 Å². The van der Waals surface area contributed by atoms with Crippen LogP contribution in [-0.4, -0.2) is 28.7 Å². The molecule has 0 aliphatic heterocycles. The van der Waals surface area contributed by atoms with E-state index in [1.54, 1.807) is 19.3 Å². The number of rotatable bonds is 4. The van der Waals surface area contributed by atoms with E-state index in [9.17, 15) is 9.90 Å². The van der Waals surface area contributed by atoms with E-state index in [0.717, 1.165) is 16.7 Å². The zero-order valence-electron chi connectivity index (χ0n) is 14.0. The third-order valence-corrected chi connectivity index (χ3v) is 4.12. The Bertz CT molecular complexity index is 591. The molecule has 0 saturated heterocycles. The molecule has 0 fully saturated rings. The maximum absolute atomic E-state index is 11.7. The molecule has 0 aromatic heterocycles. The average molecular weight is 326 g/mol. The molecule has 0 saturated carbocycles. The van der Waals surface area contributed by atoms with E-state index < -0.39 is 17.7 Å². The van der Waals surface area contributed by atoms with Crippen LogP contribution in [0.1, 0.15) is 50.4 Å². The first-order chi connectivity index (χ1) is 10.1. The van der Waals surface area contributed by atoms with E-state index in [2.05, 4.69) is 6.58 Å². The number of hydrogen-bond acceptors (Lipinski definition) is 2. The lowest BCUT2D eigenvalue weighted by Gasteiger charge is -2.39. The molecule has 0 aliphatic carbocycles. The van der Waals surface area contributed by atoms with Crippen LogP contribution in [0.2, 0.25) is 5.02 Å². The smallest absolute Gasteiger partial charge is 0.408 e. The predicted octanol–water partition coefficient (Wildman–Crippen LogP) is 5.14. The quantitative estimate of drug-likeness (QED) is 0.833. The minimum Gasteiger partial charge on any atom is -0.496 e. The van der Waals surface area contributed by atoms with Gasteiger partial charge in [0.25, 0.3) is 0 Å². The zero-order chi connectivity index (χ0) is 17.2. The fraction of sp³-hybridized carbons (Fsp3) is 0.471. The molecule has 0 heterocycles. The molecule has 1 amide bonds. The number of benzene rings is 1. The summed E-state index contributed by atoms with van der Waals surface area (Å²) in [6.45, 7) is 13.1. The number of nitrogens with zero attached hydrogens (tertiary/aromatic N) is 1. The Morgan fingerprint density at radius 1 is 1.50 bits per heavy atom. The summed E-state index contributed by atoms with van der Waals surface area (Å²) in [6, 6.07) is 1.36. The van der Waals surface area contributed by atoms with Crippen molar-refractivity contribution in [2.24, 2.45) is 0 Å². The second-order valence-corrected chi connectivity index (χ2v) is 6.63. The van der Waals surface area contributed by atoms with Crippen molar-refractivity contribution in [2.75, 3.05) is 7.11 Å². The standard InChI is InChI=1S/C17H24ClNO3/c1-8-12-10(2)14(18)9-13(15(12)22-7)11(3)19(16(20)21)17(4,5)6/h8-9,11H,1H2,2-7H3,(H,20,21). The van der Waals surface area contributed by atoms with Gasteiger partial charge in [0, 0.05) is 21.7 Å². The number of amides is 1. The Labute approximate surface area is 137 Å². The van der Waals surface area contributed by atoms with Crippen LogP contribution in [0.25, 0.3) is 6.08 Å². The van der Waals surface area contributed by atoms with Gasteiger partial charge in [-0.3, -0.25) is 4.90 Å². The average Bonchev–Trinajstić information content (AvgIpc) is 2.38. The van der Waals surface area contributed by atoms with Crippen LogP contribution in [0.4, 0.5) is 4.79 Å². The highest BCUT2D eigenvalue weighted by Crippen LogP contribution is 2.40. The Morgan fingerprint density at radius 2 is 2.05 bits per heavy atom. The summed E-state index contributed by atoms with van der Waals surface area (Å²) in [6.07, 6.45) is 0.692. The van der Waals surface area contributed by atoms with Crippen LogP contribution in [0.15, 0.2) is 12.6 Å². The molecule has 0 aliphatic rings. The molecule has 0 radical (unpaired) electrons. The molecule has 4 nitrogen and oxygen atoms in total. The second kappa shape index (κ2) is 6.61. The summed E-state index contributed by atoms with van der Waals surface area (Å²) < 4.78 is 5.52. The van der Waals surface area contributed by atoms with Crippen molar-refractivity contribution in [1.29, 1.82) is 0 Å². The number of carboxylic acid groups (broad SMARTS) is 1. The maximum atomic E-state index is 11.7. The third kappa shape index (κ3) is 3.38. The molecule has 1 N–H and O–H groups in total. The van der Waals surface area contributed by atoms with Crippen molar-refractivity contribution in [3.63, 3.8) is 0 Å². The minimum atomic E-state index is -0.987. The van der Waals surface area contributed by atoms with Gasteiger partial charge in [-0.1, -0.05) is 24.3 Å². The molecule has 1 rings (SSSR count). The van der Waals surface area contributed by atoms with Gasteiger partial charge in [0.15, 0.2) is 0 Å². The molecule has 1 atom stereocenters. The number of carbonyl (C=O) groups is 1. The Hall–Kier alpha value is -1.68.